The van der Waals surface area contributed by atoms with Gasteiger partial charge in [-0.15, -0.1) is 0 Å². The monoisotopic (exact) mass is 433 g/mol. The largest absolute Gasteiger partial charge is 0.309 e. The van der Waals surface area contributed by atoms with Crippen LogP contribution < -0.4 is 0 Å². The van der Waals surface area contributed by atoms with Gasteiger partial charge in [-0.1, -0.05) is 97.1 Å². The number of para-hydroxylation sites is 2. The Morgan fingerprint density at radius 2 is 1.24 bits per heavy atom. The van der Waals surface area contributed by atoms with Gasteiger partial charge in [0.2, 0.25) is 0 Å². The fraction of sp³-hybridized carbons (Fsp3) is 0.0303. The van der Waals surface area contributed by atoms with Gasteiger partial charge >= 0.3 is 0 Å². The molecule has 0 bridgehead atoms. The molecule has 0 radical (unpaired) electrons. The summed E-state index contributed by atoms with van der Waals surface area (Å²) in [5.74, 6) is 0. The molecule has 0 unspecified atom stereocenters. The van der Waals surface area contributed by atoms with Crippen molar-refractivity contribution in [1.29, 1.82) is 0 Å². The highest BCUT2D eigenvalue weighted by Gasteiger charge is 2.20. The van der Waals surface area contributed by atoms with Crippen molar-refractivity contribution < 1.29 is 0 Å². The van der Waals surface area contributed by atoms with Crippen LogP contribution >= 0.6 is 0 Å². The second-order valence-electron chi connectivity index (χ2n) is 9.01. The van der Waals surface area contributed by atoms with E-state index in [0.717, 1.165) is 6.42 Å². The summed E-state index contributed by atoms with van der Waals surface area (Å²) in [6.45, 7) is 0. The van der Waals surface area contributed by atoms with Crippen LogP contribution in [-0.2, 0) is 6.42 Å². The molecular weight excluding hydrogens is 410 g/mol. The lowest BCUT2D eigenvalue weighted by atomic mass is 9.93. The number of benzene rings is 5. The summed E-state index contributed by atoms with van der Waals surface area (Å²) >= 11 is 0. The van der Waals surface area contributed by atoms with Crippen molar-refractivity contribution in [2.24, 2.45) is 0 Å². The Balaban J connectivity index is 1.56. The van der Waals surface area contributed by atoms with E-state index in [-0.39, 0.29) is 0 Å². The lowest BCUT2D eigenvalue weighted by Crippen LogP contribution is -1.96. The van der Waals surface area contributed by atoms with Crippen LogP contribution in [0.5, 0.6) is 0 Å². The first-order valence-electron chi connectivity index (χ1n) is 11.8. The van der Waals surface area contributed by atoms with Gasteiger partial charge in [-0.05, 0) is 70.1 Å². The van der Waals surface area contributed by atoms with Gasteiger partial charge in [-0.2, -0.15) is 0 Å². The van der Waals surface area contributed by atoms with Crippen LogP contribution in [-0.4, -0.2) is 4.57 Å². The van der Waals surface area contributed by atoms with E-state index in [2.05, 4.69) is 132 Å². The van der Waals surface area contributed by atoms with Crippen molar-refractivity contribution in [1.82, 2.24) is 4.57 Å². The molecule has 1 aliphatic rings. The Bertz CT molecular complexity index is 1700. The summed E-state index contributed by atoms with van der Waals surface area (Å²) in [7, 11) is 0. The first kappa shape index (κ1) is 19.1. The molecule has 7 rings (SSSR count). The van der Waals surface area contributed by atoms with Crippen LogP contribution in [0.25, 0.3) is 50.3 Å². The smallest absolute Gasteiger partial charge is 0.0547 e. The molecule has 0 aliphatic heterocycles. The number of aromatic nitrogens is 1. The standard InChI is InChI=1S/C33H23N/c1-3-11-23(12-4-1)25-19-24-13-7-8-16-28(24)30-22-33-31(21-26(30)20-25)29-17-9-10-18-32(29)34(33)27-14-5-2-6-15-27/h1-19,21-22H,20H2. The number of fused-ring (bicyclic) bond motifs is 6. The Kier molecular flexibility index (Phi) is 4.28. The van der Waals surface area contributed by atoms with Crippen LogP contribution in [0.1, 0.15) is 16.7 Å². The minimum atomic E-state index is 0.912. The predicted octanol–water partition coefficient (Wildman–Crippen LogP) is 8.55. The molecule has 1 aromatic heterocycles. The molecule has 34 heavy (non-hydrogen) atoms. The van der Waals surface area contributed by atoms with Crippen LogP contribution in [0.15, 0.2) is 121 Å². The van der Waals surface area contributed by atoms with E-state index >= 15 is 0 Å². The van der Waals surface area contributed by atoms with Gasteiger partial charge < -0.3 is 4.57 Å². The highest BCUT2D eigenvalue weighted by molar-refractivity contribution is 6.11. The summed E-state index contributed by atoms with van der Waals surface area (Å²) in [6, 6.07) is 43.9. The molecule has 0 N–H and O–H groups in total. The van der Waals surface area contributed by atoms with Crippen molar-refractivity contribution in [2.75, 3.05) is 0 Å². The topological polar surface area (TPSA) is 4.93 Å². The molecule has 160 valence electrons. The summed E-state index contributed by atoms with van der Waals surface area (Å²) < 4.78 is 2.41. The van der Waals surface area contributed by atoms with E-state index in [1.165, 1.54) is 60.9 Å². The van der Waals surface area contributed by atoms with Crippen LogP contribution in [0.3, 0.4) is 0 Å². The maximum Gasteiger partial charge on any atom is 0.0547 e. The molecule has 1 heterocycles. The van der Waals surface area contributed by atoms with Gasteiger partial charge in [0.1, 0.15) is 0 Å². The fourth-order valence-corrected chi connectivity index (χ4v) is 5.46. The Morgan fingerprint density at radius 3 is 2.09 bits per heavy atom. The normalized spacial score (nSPS) is 12.8. The van der Waals surface area contributed by atoms with E-state index < -0.39 is 0 Å². The third kappa shape index (κ3) is 2.94. The summed E-state index contributed by atoms with van der Waals surface area (Å²) in [5, 5.41) is 2.61. The number of hydrogen-bond acceptors (Lipinski definition) is 0. The third-order valence-corrected chi connectivity index (χ3v) is 7.02. The Hall–Kier alpha value is -4.36. The number of nitrogens with zero attached hydrogens (tertiary/aromatic N) is 1. The SMILES string of the molecule is C1=C(c2ccccc2)Cc2cc3c4ccccc4n(-c4ccccc4)c3cc2-c2ccccc21. The van der Waals surface area contributed by atoms with Crippen LogP contribution in [0, 0.1) is 0 Å². The fourth-order valence-electron chi connectivity index (χ4n) is 5.46. The average Bonchev–Trinajstić information content (AvgIpc) is 3.12. The third-order valence-electron chi connectivity index (χ3n) is 7.02. The maximum atomic E-state index is 2.44. The van der Waals surface area contributed by atoms with E-state index in [9.17, 15) is 0 Å². The van der Waals surface area contributed by atoms with E-state index in [1.54, 1.807) is 0 Å². The van der Waals surface area contributed by atoms with Crippen LogP contribution in [0.4, 0.5) is 0 Å². The highest BCUT2D eigenvalue weighted by atomic mass is 15.0. The Labute approximate surface area is 199 Å². The van der Waals surface area contributed by atoms with Crippen molar-refractivity contribution >= 4 is 33.5 Å². The zero-order valence-electron chi connectivity index (χ0n) is 18.8. The molecule has 0 spiro atoms. The van der Waals surface area contributed by atoms with Gasteiger partial charge in [0.15, 0.2) is 0 Å². The van der Waals surface area contributed by atoms with Gasteiger partial charge in [0.25, 0.3) is 0 Å². The second-order valence-corrected chi connectivity index (χ2v) is 9.01. The van der Waals surface area contributed by atoms with E-state index in [4.69, 9.17) is 0 Å². The number of hydrogen-bond donors (Lipinski definition) is 0. The molecule has 0 saturated carbocycles. The quantitative estimate of drug-likeness (QED) is 0.258. The number of allylic oxidation sites excluding steroid dienone is 1. The minimum Gasteiger partial charge on any atom is -0.309 e. The minimum absolute atomic E-state index is 0.912. The van der Waals surface area contributed by atoms with Gasteiger partial charge in [0, 0.05) is 16.5 Å². The van der Waals surface area contributed by atoms with Crippen LogP contribution in [0.2, 0.25) is 0 Å². The zero-order valence-corrected chi connectivity index (χ0v) is 18.8. The van der Waals surface area contributed by atoms with Gasteiger partial charge in [-0.25, -0.2) is 0 Å². The van der Waals surface area contributed by atoms with E-state index in [1.807, 2.05) is 0 Å². The summed E-state index contributed by atoms with van der Waals surface area (Å²) in [6.07, 6.45) is 3.29. The molecule has 1 aliphatic carbocycles. The molecular formula is C33H23N. The molecule has 0 atom stereocenters. The molecule has 6 aromatic rings. The Morgan fingerprint density at radius 1 is 0.529 bits per heavy atom. The van der Waals surface area contributed by atoms with Crippen molar-refractivity contribution in [3.63, 3.8) is 0 Å². The zero-order chi connectivity index (χ0) is 22.5. The average molecular weight is 434 g/mol. The summed E-state index contributed by atoms with van der Waals surface area (Å²) in [5.41, 5.74) is 11.6. The van der Waals surface area contributed by atoms with Crippen molar-refractivity contribution in [3.05, 3.63) is 138 Å². The van der Waals surface area contributed by atoms with Crippen molar-refractivity contribution in [3.8, 4) is 16.8 Å². The predicted molar refractivity (Wildman–Crippen MR) is 144 cm³/mol. The number of rotatable bonds is 2. The lowest BCUT2D eigenvalue weighted by Gasteiger charge is -2.13. The molecule has 5 aromatic carbocycles. The first-order valence-corrected chi connectivity index (χ1v) is 11.8. The maximum absolute atomic E-state index is 2.44. The second kappa shape index (κ2) is 7.60. The highest BCUT2D eigenvalue weighted by Crippen LogP contribution is 2.41. The molecule has 1 heteroatoms. The molecule has 0 fully saturated rings. The van der Waals surface area contributed by atoms with Gasteiger partial charge in [-0.3, -0.25) is 0 Å². The lowest BCUT2D eigenvalue weighted by molar-refractivity contribution is 1.18. The molecule has 1 nitrogen and oxygen atoms in total. The first-order chi connectivity index (χ1) is 16.9. The van der Waals surface area contributed by atoms with Gasteiger partial charge in [0.05, 0.1) is 11.0 Å². The molecule has 0 amide bonds. The van der Waals surface area contributed by atoms with E-state index in [0.29, 0.717) is 0 Å². The molecule has 0 saturated heterocycles. The summed E-state index contributed by atoms with van der Waals surface area (Å²) in [4.78, 5) is 0. The van der Waals surface area contributed by atoms with Crippen molar-refractivity contribution in [2.45, 2.75) is 6.42 Å².